The van der Waals surface area contributed by atoms with Crippen LogP contribution in [0.3, 0.4) is 0 Å². The molecular formula is C26H27ClN4O5S. The molecule has 2 aromatic carbocycles. The van der Waals surface area contributed by atoms with Gasteiger partial charge in [-0.15, -0.1) is 0 Å². The number of aliphatic carboxylic acids is 1. The van der Waals surface area contributed by atoms with Crippen LogP contribution in [-0.4, -0.2) is 78.4 Å². The second kappa shape index (κ2) is 10.3. The summed E-state index contributed by atoms with van der Waals surface area (Å²) in [4.78, 5) is 32.9. The van der Waals surface area contributed by atoms with Crippen molar-refractivity contribution in [2.75, 3.05) is 37.6 Å². The molecule has 0 saturated carbocycles. The van der Waals surface area contributed by atoms with Crippen LogP contribution in [0.4, 0.5) is 5.69 Å². The van der Waals surface area contributed by atoms with Crippen LogP contribution >= 0.6 is 11.6 Å². The molecule has 11 heteroatoms. The predicted molar refractivity (Wildman–Crippen MR) is 140 cm³/mol. The van der Waals surface area contributed by atoms with E-state index in [0.717, 1.165) is 41.3 Å². The summed E-state index contributed by atoms with van der Waals surface area (Å²) >= 11 is 6.02. The largest absolute Gasteiger partial charge is 0.480 e. The van der Waals surface area contributed by atoms with Gasteiger partial charge in [-0.1, -0.05) is 23.7 Å². The zero-order chi connectivity index (χ0) is 26.2. The molecule has 2 aliphatic heterocycles. The van der Waals surface area contributed by atoms with Crippen LogP contribution in [-0.2, 0) is 19.6 Å². The molecular weight excluding hydrogens is 516 g/mol. The molecule has 0 spiro atoms. The second-order valence-corrected chi connectivity index (χ2v) is 11.9. The van der Waals surface area contributed by atoms with Crippen molar-refractivity contribution >= 4 is 50.0 Å². The lowest BCUT2D eigenvalue weighted by Gasteiger charge is -2.41. The van der Waals surface area contributed by atoms with Gasteiger partial charge in [0.2, 0.25) is 15.9 Å². The summed E-state index contributed by atoms with van der Waals surface area (Å²) in [6.45, 7) is 1.20. The van der Waals surface area contributed by atoms with E-state index in [9.17, 15) is 23.1 Å². The highest BCUT2D eigenvalue weighted by Crippen LogP contribution is 2.28. The van der Waals surface area contributed by atoms with Crippen molar-refractivity contribution in [3.05, 3.63) is 65.9 Å². The number of hydrogen-bond acceptors (Lipinski definition) is 6. The molecule has 0 aliphatic carbocycles. The molecule has 2 fully saturated rings. The maximum Gasteiger partial charge on any atom is 0.327 e. The lowest BCUT2D eigenvalue weighted by atomic mass is 9.94. The summed E-state index contributed by atoms with van der Waals surface area (Å²) in [5.74, 6) is -1.57. The van der Waals surface area contributed by atoms with E-state index in [0.29, 0.717) is 17.0 Å². The smallest absolute Gasteiger partial charge is 0.327 e. The molecule has 5 rings (SSSR count). The number of carboxylic acid groups (broad SMARTS) is 1. The molecule has 3 heterocycles. The van der Waals surface area contributed by atoms with Crippen molar-refractivity contribution in [1.82, 2.24) is 14.2 Å². The molecule has 3 aromatic rings. The zero-order valence-electron chi connectivity index (χ0n) is 20.0. The molecule has 2 aliphatic rings. The molecule has 1 atom stereocenters. The number of carbonyl (C=O) groups is 2. The van der Waals surface area contributed by atoms with Crippen molar-refractivity contribution in [2.45, 2.75) is 23.8 Å². The Bertz CT molecular complexity index is 1430. The normalized spacial score (nSPS) is 19.9. The molecule has 37 heavy (non-hydrogen) atoms. The minimum atomic E-state index is -4.08. The number of carboxylic acids is 1. The Balaban J connectivity index is 1.29. The van der Waals surface area contributed by atoms with Gasteiger partial charge in [-0.05, 0) is 65.9 Å². The van der Waals surface area contributed by atoms with Gasteiger partial charge in [0.25, 0.3) is 0 Å². The van der Waals surface area contributed by atoms with Crippen LogP contribution in [0.2, 0.25) is 5.02 Å². The number of rotatable bonds is 6. The first-order valence-corrected chi connectivity index (χ1v) is 13.9. The van der Waals surface area contributed by atoms with Crippen LogP contribution in [0.1, 0.15) is 12.8 Å². The number of pyridine rings is 1. The number of hydrogen-bond donors (Lipinski definition) is 1. The summed E-state index contributed by atoms with van der Waals surface area (Å²) < 4.78 is 27.8. The molecule has 1 aromatic heterocycles. The zero-order valence-corrected chi connectivity index (χ0v) is 21.6. The van der Waals surface area contributed by atoms with Crippen molar-refractivity contribution in [3.63, 3.8) is 0 Å². The molecule has 9 nitrogen and oxygen atoms in total. The van der Waals surface area contributed by atoms with Gasteiger partial charge >= 0.3 is 5.97 Å². The van der Waals surface area contributed by atoms with Crippen molar-refractivity contribution in [3.8, 4) is 0 Å². The number of piperidine rings is 1. The van der Waals surface area contributed by atoms with Gasteiger partial charge in [-0.25, -0.2) is 13.2 Å². The topological polar surface area (TPSA) is 111 Å². The van der Waals surface area contributed by atoms with Crippen LogP contribution in [0.25, 0.3) is 10.8 Å². The van der Waals surface area contributed by atoms with E-state index >= 15 is 0 Å². The first-order valence-electron chi connectivity index (χ1n) is 12.1. The number of halogens is 1. The quantitative estimate of drug-likeness (QED) is 0.509. The number of fused-ring (bicyclic) bond motifs is 1. The average molecular weight is 543 g/mol. The predicted octanol–water partition coefficient (Wildman–Crippen LogP) is 3.09. The summed E-state index contributed by atoms with van der Waals surface area (Å²) in [6, 6.07) is 12.4. The number of amides is 1. The SMILES string of the molecule is O=C(O)C1CN(S(=O)(=O)c2ccc3cc(Cl)ccc3c2)CC(=O)N1CC1CCN(c2ccncc2)CC1. The number of nitrogens with zero attached hydrogens (tertiary/aromatic N) is 4. The number of aromatic nitrogens is 1. The Morgan fingerprint density at radius 1 is 1.03 bits per heavy atom. The van der Waals surface area contributed by atoms with Crippen LogP contribution in [0.15, 0.2) is 65.8 Å². The lowest BCUT2D eigenvalue weighted by molar-refractivity contribution is -0.154. The van der Waals surface area contributed by atoms with Gasteiger partial charge in [-0.3, -0.25) is 9.78 Å². The molecule has 0 bridgehead atoms. The average Bonchev–Trinajstić information content (AvgIpc) is 2.90. The summed E-state index contributed by atoms with van der Waals surface area (Å²) in [5.41, 5.74) is 1.09. The van der Waals surface area contributed by atoms with Gasteiger partial charge in [0.15, 0.2) is 0 Å². The number of carbonyl (C=O) groups excluding carboxylic acids is 1. The Morgan fingerprint density at radius 3 is 2.41 bits per heavy atom. The highest BCUT2D eigenvalue weighted by atomic mass is 35.5. The molecule has 1 N–H and O–H groups in total. The van der Waals surface area contributed by atoms with E-state index in [4.69, 9.17) is 11.6 Å². The third-order valence-electron chi connectivity index (χ3n) is 7.18. The molecule has 0 radical (unpaired) electrons. The van der Waals surface area contributed by atoms with Crippen LogP contribution in [0.5, 0.6) is 0 Å². The molecule has 194 valence electrons. The summed E-state index contributed by atoms with van der Waals surface area (Å²) in [7, 11) is -4.08. The number of piperazine rings is 1. The number of sulfonamides is 1. The summed E-state index contributed by atoms with van der Waals surface area (Å²) in [6.07, 6.45) is 5.11. The highest BCUT2D eigenvalue weighted by molar-refractivity contribution is 7.89. The van der Waals surface area contributed by atoms with E-state index < -0.39 is 27.9 Å². The maximum absolute atomic E-state index is 13.4. The lowest BCUT2D eigenvalue weighted by Crippen LogP contribution is -2.61. The Labute approximate surface area is 220 Å². The fraction of sp³-hybridized carbons (Fsp3) is 0.346. The van der Waals surface area contributed by atoms with Crippen LogP contribution in [0, 0.1) is 5.92 Å². The minimum Gasteiger partial charge on any atom is -0.480 e. The van der Waals surface area contributed by atoms with E-state index in [1.54, 1.807) is 36.7 Å². The van der Waals surface area contributed by atoms with Crippen molar-refractivity contribution in [1.29, 1.82) is 0 Å². The number of benzene rings is 2. The van der Waals surface area contributed by atoms with Gasteiger partial charge in [0, 0.05) is 49.3 Å². The van der Waals surface area contributed by atoms with E-state index in [1.165, 1.54) is 17.0 Å². The van der Waals surface area contributed by atoms with Gasteiger partial charge in [-0.2, -0.15) is 4.31 Å². The first-order chi connectivity index (χ1) is 17.7. The van der Waals surface area contributed by atoms with Crippen molar-refractivity contribution in [2.24, 2.45) is 5.92 Å². The monoisotopic (exact) mass is 542 g/mol. The maximum atomic E-state index is 13.4. The Kier molecular flexibility index (Phi) is 7.06. The molecule has 1 amide bonds. The van der Waals surface area contributed by atoms with Crippen LogP contribution < -0.4 is 4.90 Å². The van der Waals surface area contributed by atoms with E-state index in [-0.39, 0.29) is 23.9 Å². The fourth-order valence-corrected chi connectivity index (χ4v) is 6.72. The Morgan fingerprint density at radius 2 is 1.70 bits per heavy atom. The minimum absolute atomic E-state index is 0.0104. The second-order valence-electron chi connectivity index (χ2n) is 9.49. The molecule has 1 unspecified atom stereocenters. The first kappa shape index (κ1) is 25.4. The molecule has 2 saturated heterocycles. The standard InChI is InChI=1S/C26H27ClN4O5S/c27-21-3-1-20-14-23(4-2-19(20)13-21)37(35,36)30-16-24(26(33)34)31(25(32)17-30)15-18-7-11-29(12-8-18)22-5-9-28-10-6-22/h1-6,9-10,13-14,18,24H,7-8,11-12,15-17H2,(H,33,34). The van der Waals surface area contributed by atoms with E-state index in [2.05, 4.69) is 9.88 Å². The number of anilines is 1. The van der Waals surface area contributed by atoms with E-state index in [1.807, 2.05) is 12.1 Å². The van der Waals surface area contributed by atoms with Gasteiger partial charge in [0.05, 0.1) is 11.4 Å². The summed E-state index contributed by atoms with van der Waals surface area (Å²) in [5, 5.41) is 11.9. The van der Waals surface area contributed by atoms with Gasteiger partial charge < -0.3 is 14.9 Å². The third-order valence-corrected chi connectivity index (χ3v) is 9.22. The Hall–Kier alpha value is -3.21. The van der Waals surface area contributed by atoms with Crippen molar-refractivity contribution < 1.29 is 23.1 Å². The fourth-order valence-electron chi connectivity index (χ4n) is 5.11. The van der Waals surface area contributed by atoms with Gasteiger partial charge in [0.1, 0.15) is 6.04 Å². The highest BCUT2D eigenvalue weighted by Gasteiger charge is 2.42. The third kappa shape index (κ3) is 5.27.